The molecule has 118 valence electrons. The normalized spacial score (nSPS) is 19.8. The van der Waals surface area contributed by atoms with Gasteiger partial charge in [0, 0.05) is 19.6 Å². The van der Waals surface area contributed by atoms with Crippen molar-refractivity contribution < 1.29 is 8.42 Å². The van der Waals surface area contributed by atoms with Crippen molar-refractivity contribution in [2.24, 2.45) is 5.92 Å². The van der Waals surface area contributed by atoms with Crippen molar-refractivity contribution in [1.82, 2.24) is 9.62 Å². The maximum absolute atomic E-state index is 12.5. The highest BCUT2D eigenvalue weighted by molar-refractivity contribution is 7.89. The summed E-state index contributed by atoms with van der Waals surface area (Å²) in [6.45, 7) is 8.38. The zero-order valence-corrected chi connectivity index (χ0v) is 13.6. The fraction of sp³-hybridized carbons (Fsp3) is 0.600. The van der Waals surface area contributed by atoms with Gasteiger partial charge in [-0.1, -0.05) is 19.1 Å². The lowest BCUT2D eigenvalue weighted by molar-refractivity contribution is 0.342. The van der Waals surface area contributed by atoms with Crippen LogP contribution < -0.4 is 10.0 Å². The molecule has 1 aliphatic rings. The molecule has 5 nitrogen and oxygen atoms in total. The Balaban J connectivity index is 2.02. The third-order valence-electron chi connectivity index (χ3n) is 3.92. The number of anilines is 1. The molecule has 21 heavy (non-hydrogen) atoms. The molecule has 1 heterocycles. The fourth-order valence-electron chi connectivity index (χ4n) is 2.71. The van der Waals surface area contributed by atoms with E-state index in [9.17, 15) is 8.42 Å². The number of hydrogen-bond acceptors (Lipinski definition) is 4. The van der Waals surface area contributed by atoms with Crippen LogP contribution in [0.2, 0.25) is 0 Å². The molecule has 0 spiro atoms. The van der Waals surface area contributed by atoms with E-state index in [4.69, 9.17) is 0 Å². The number of rotatable bonds is 7. The number of likely N-dealkylation sites (tertiary alicyclic amines) is 1. The number of para-hydroxylation sites is 1. The van der Waals surface area contributed by atoms with Crippen LogP contribution in [0.4, 0.5) is 5.69 Å². The summed E-state index contributed by atoms with van der Waals surface area (Å²) in [6, 6.07) is 7.04. The molecule has 1 aliphatic heterocycles. The van der Waals surface area contributed by atoms with E-state index in [1.54, 1.807) is 18.2 Å². The lowest BCUT2D eigenvalue weighted by Crippen LogP contribution is -2.31. The van der Waals surface area contributed by atoms with Gasteiger partial charge in [0.25, 0.3) is 0 Å². The second-order valence-electron chi connectivity index (χ2n) is 5.43. The molecule has 2 rings (SSSR count). The van der Waals surface area contributed by atoms with Crippen molar-refractivity contribution >= 4 is 15.7 Å². The molecule has 2 N–H and O–H groups in total. The quantitative estimate of drug-likeness (QED) is 0.805. The predicted molar refractivity (Wildman–Crippen MR) is 86.0 cm³/mol. The summed E-state index contributed by atoms with van der Waals surface area (Å²) in [5.41, 5.74) is 0.661. The Morgan fingerprint density at radius 2 is 2.05 bits per heavy atom. The molecule has 1 saturated heterocycles. The minimum atomic E-state index is -3.46. The Kier molecular flexibility index (Phi) is 5.61. The first kappa shape index (κ1) is 16.3. The molecular formula is C15H25N3O2S. The van der Waals surface area contributed by atoms with E-state index in [1.807, 2.05) is 13.0 Å². The maximum Gasteiger partial charge on any atom is 0.242 e. The molecule has 1 aromatic carbocycles. The first-order valence-electron chi connectivity index (χ1n) is 7.61. The molecule has 1 unspecified atom stereocenters. The number of benzene rings is 1. The Morgan fingerprint density at radius 3 is 2.71 bits per heavy atom. The summed E-state index contributed by atoms with van der Waals surface area (Å²) in [5.74, 6) is 0.408. The van der Waals surface area contributed by atoms with Crippen molar-refractivity contribution in [3.63, 3.8) is 0 Å². The summed E-state index contributed by atoms with van der Waals surface area (Å²) in [7, 11) is -3.46. The SMILES string of the molecule is CCNc1ccccc1S(=O)(=O)NCC1CCN(CC)C1. The maximum atomic E-state index is 12.5. The summed E-state index contributed by atoms with van der Waals surface area (Å²) in [5, 5.41) is 3.10. The monoisotopic (exact) mass is 311 g/mol. The highest BCUT2D eigenvalue weighted by Crippen LogP contribution is 2.21. The van der Waals surface area contributed by atoms with Gasteiger partial charge >= 0.3 is 0 Å². The van der Waals surface area contributed by atoms with Crippen LogP contribution in [0.1, 0.15) is 20.3 Å². The standard InChI is InChI=1S/C15H25N3O2S/c1-3-16-14-7-5-6-8-15(14)21(19,20)17-11-13-9-10-18(4-2)12-13/h5-8,13,16-17H,3-4,9-12H2,1-2H3. The first-order chi connectivity index (χ1) is 10.1. The van der Waals surface area contributed by atoms with E-state index in [2.05, 4.69) is 21.9 Å². The van der Waals surface area contributed by atoms with Crippen LogP contribution in [0.5, 0.6) is 0 Å². The molecular weight excluding hydrogens is 286 g/mol. The second kappa shape index (κ2) is 7.24. The lowest BCUT2D eigenvalue weighted by Gasteiger charge is -2.15. The number of sulfonamides is 1. The van der Waals surface area contributed by atoms with Gasteiger partial charge in [-0.2, -0.15) is 0 Å². The van der Waals surface area contributed by atoms with E-state index in [0.29, 0.717) is 29.6 Å². The summed E-state index contributed by atoms with van der Waals surface area (Å²) in [6.07, 6.45) is 1.06. The minimum absolute atomic E-state index is 0.331. The average Bonchev–Trinajstić information content (AvgIpc) is 2.94. The van der Waals surface area contributed by atoms with Gasteiger partial charge in [0.05, 0.1) is 5.69 Å². The molecule has 1 aromatic rings. The zero-order chi connectivity index (χ0) is 15.3. The Hall–Kier alpha value is -1.11. The topological polar surface area (TPSA) is 61.4 Å². The largest absolute Gasteiger partial charge is 0.384 e. The van der Waals surface area contributed by atoms with Gasteiger partial charge in [0.2, 0.25) is 10.0 Å². The minimum Gasteiger partial charge on any atom is -0.384 e. The first-order valence-corrected chi connectivity index (χ1v) is 9.10. The number of nitrogens with one attached hydrogen (secondary N) is 2. The van der Waals surface area contributed by atoms with Gasteiger partial charge in [-0.3, -0.25) is 0 Å². The van der Waals surface area contributed by atoms with Crippen LogP contribution in [0.15, 0.2) is 29.2 Å². The highest BCUT2D eigenvalue weighted by Gasteiger charge is 2.24. The molecule has 1 fully saturated rings. The van der Waals surface area contributed by atoms with E-state index in [-0.39, 0.29) is 0 Å². The molecule has 0 bridgehead atoms. The van der Waals surface area contributed by atoms with Crippen molar-refractivity contribution in [1.29, 1.82) is 0 Å². The van der Waals surface area contributed by atoms with Gasteiger partial charge in [-0.05, 0) is 44.5 Å². The Labute approximate surface area is 127 Å². The number of hydrogen-bond donors (Lipinski definition) is 2. The van der Waals surface area contributed by atoms with E-state index < -0.39 is 10.0 Å². The average molecular weight is 311 g/mol. The molecule has 0 aromatic heterocycles. The predicted octanol–water partition coefficient (Wildman–Crippen LogP) is 1.74. The summed E-state index contributed by atoms with van der Waals surface area (Å²) < 4.78 is 27.7. The van der Waals surface area contributed by atoms with Crippen molar-refractivity contribution in [2.75, 3.05) is 38.0 Å². The third kappa shape index (κ3) is 4.18. The van der Waals surface area contributed by atoms with E-state index >= 15 is 0 Å². The summed E-state index contributed by atoms with van der Waals surface area (Å²) in [4.78, 5) is 2.68. The van der Waals surface area contributed by atoms with Crippen LogP contribution >= 0.6 is 0 Å². The van der Waals surface area contributed by atoms with Crippen LogP contribution in [-0.4, -0.2) is 46.0 Å². The Morgan fingerprint density at radius 1 is 1.29 bits per heavy atom. The Bertz CT molecular complexity index is 560. The smallest absolute Gasteiger partial charge is 0.242 e. The van der Waals surface area contributed by atoms with Gasteiger partial charge in [-0.15, -0.1) is 0 Å². The van der Waals surface area contributed by atoms with Gasteiger partial charge in [0.15, 0.2) is 0 Å². The van der Waals surface area contributed by atoms with E-state index in [1.165, 1.54) is 0 Å². The molecule has 0 aliphatic carbocycles. The fourth-order valence-corrected chi connectivity index (χ4v) is 4.01. The zero-order valence-electron chi connectivity index (χ0n) is 12.8. The van der Waals surface area contributed by atoms with Gasteiger partial charge < -0.3 is 10.2 Å². The molecule has 6 heteroatoms. The molecule has 1 atom stereocenters. The lowest BCUT2D eigenvalue weighted by atomic mass is 10.1. The molecule has 0 amide bonds. The van der Waals surface area contributed by atoms with Crippen molar-refractivity contribution in [3.05, 3.63) is 24.3 Å². The second-order valence-corrected chi connectivity index (χ2v) is 7.16. The van der Waals surface area contributed by atoms with Crippen LogP contribution in [0.3, 0.4) is 0 Å². The molecule has 0 radical (unpaired) electrons. The molecule has 0 saturated carbocycles. The van der Waals surface area contributed by atoms with Crippen molar-refractivity contribution in [2.45, 2.75) is 25.2 Å². The summed E-state index contributed by atoms with van der Waals surface area (Å²) >= 11 is 0. The third-order valence-corrected chi connectivity index (χ3v) is 5.40. The van der Waals surface area contributed by atoms with Crippen LogP contribution in [0, 0.1) is 5.92 Å². The van der Waals surface area contributed by atoms with Gasteiger partial charge in [-0.25, -0.2) is 13.1 Å². The van der Waals surface area contributed by atoms with E-state index in [0.717, 1.165) is 26.1 Å². The number of nitrogens with zero attached hydrogens (tertiary/aromatic N) is 1. The van der Waals surface area contributed by atoms with Crippen molar-refractivity contribution in [3.8, 4) is 0 Å². The van der Waals surface area contributed by atoms with Gasteiger partial charge in [0.1, 0.15) is 4.90 Å². The van der Waals surface area contributed by atoms with Crippen LogP contribution in [0.25, 0.3) is 0 Å². The highest BCUT2D eigenvalue weighted by atomic mass is 32.2. The van der Waals surface area contributed by atoms with Crippen LogP contribution in [-0.2, 0) is 10.0 Å².